The first-order valence-corrected chi connectivity index (χ1v) is 5.31. The first kappa shape index (κ1) is 9.36. The summed E-state index contributed by atoms with van der Waals surface area (Å²) in [6, 6.07) is 11.9. The molecule has 0 spiro atoms. The minimum Gasteiger partial charge on any atom is -0.324 e. The summed E-state index contributed by atoms with van der Waals surface area (Å²) >= 11 is 0. The van der Waals surface area contributed by atoms with Gasteiger partial charge in [-0.1, -0.05) is 36.4 Å². The highest BCUT2D eigenvalue weighted by molar-refractivity contribution is 6.11. The maximum Gasteiger partial charge on any atom is 0.246 e. The minimum atomic E-state index is -0.223. The second-order valence-electron chi connectivity index (χ2n) is 3.96. The molecule has 0 saturated carbocycles. The van der Waals surface area contributed by atoms with E-state index in [0.29, 0.717) is 0 Å². The van der Waals surface area contributed by atoms with Gasteiger partial charge in [0.05, 0.1) is 5.69 Å². The summed E-state index contributed by atoms with van der Waals surface area (Å²) in [4.78, 5) is 11.7. The topological polar surface area (TPSA) is 41.1 Å². The molecular weight excluding hydrogens is 200 g/mol. The number of carbonyl (C=O) groups is 1. The average molecular weight is 212 g/mol. The Morgan fingerprint density at radius 1 is 1.19 bits per heavy atom. The molecule has 0 bridgehead atoms. The summed E-state index contributed by atoms with van der Waals surface area (Å²) < 4.78 is 0. The Kier molecular flexibility index (Phi) is 1.94. The van der Waals surface area contributed by atoms with Crippen molar-refractivity contribution in [2.24, 2.45) is 0 Å². The number of rotatable bonds is 1. The Balaban J connectivity index is 2.30. The van der Waals surface area contributed by atoms with Crippen molar-refractivity contribution in [3.63, 3.8) is 0 Å². The van der Waals surface area contributed by atoms with Crippen LogP contribution in [-0.4, -0.2) is 13.0 Å². The van der Waals surface area contributed by atoms with Crippen molar-refractivity contribution in [3.05, 3.63) is 42.0 Å². The third-order valence-corrected chi connectivity index (χ3v) is 3.07. The smallest absolute Gasteiger partial charge is 0.246 e. The van der Waals surface area contributed by atoms with Crippen LogP contribution in [0.5, 0.6) is 0 Å². The fourth-order valence-electron chi connectivity index (χ4n) is 2.29. The van der Waals surface area contributed by atoms with E-state index in [0.717, 1.165) is 22.0 Å². The molecule has 2 aromatic rings. The molecule has 0 aliphatic carbocycles. The molecule has 1 atom stereocenters. The zero-order valence-electron chi connectivity index (χ0n) is 8.95. The molecule has 1 aliphatic heterocycles. The van der Waals surface area contributed by atoms with E-state index in [1.807, 2.05) is 24.3 Å². The number of anilines is 1. The van der Waals surface area contributed by atoms with Crippen LogP contribution in [0.15, 0.2) is 36.4 Å². The molecule has 80 valence electrons. The number of nitrogens with one attached hydrogen (secondary N) is 2. The zero-order chi connectivity index (χ0) is 11.1. The van der Waals surface area contributed by atoms with Gasteiger partial charge >= 0.3 is 0 Å². The fourth-order valence-corrected chi connectivity index (χ4v) is 2.29. The van der Waals surface area contributed by atoms with E-state index < -0.39 is 0 Å². The lowest BCUT2D eigenvalue weighted by Gasteiger charge is -2.07. The molecule has 16 heavy (non-hydrogen) atoms. The largest absolute Gasteiger partial charge is 0.324 e. The van der Waals surface area contributed by atoms with Crippen LogP contribution in [0, 0.1) is 0 Å². The Bertz CT molecular complexity index is 577. The molecule has 0 fully saturated rings. The SMILES string of the molecule is CNC1C(=O)Nc2c1ccc1ccccc21. The number of carbonyl (C=O) groups excluding carboxylic acids is 1. The first-order chi connectivity index (χ1) is 7.81. The van der Waals surface area contributed by atoms with Gasteiger partial charge < -0.3 is 10.6 Å². The standard InChI is InChI=1S/C13H12N2O/c1-14-12-10-7-6-8-4-2-3-5-9(8)11(10)15-13(12)16/h2-7,12,14H,1H3,(H,15,16). The Morgan fingerprint density at radius 3 is 2.81 bits per heavy atom. The van der Waals surface area contributed by atoms with E-state index in [9.17, 15) is 4.79 Å². The summed E-state index contributed by atoms with van der Waals surface area (Å²) in [5.74, 6) is 0.0221. The number of hydrogen-bond acceptors (Lipinski definition) is 2. The summed E-state index contributed by atoms with van der Waals surface area (Å²) in [7, 11) is 1.80. The van der Waals surface area contributed by atoms with Gasteiger partial charge in [0.1, 0.15) is 6.04 Å². The lowest BCUT2D eigenvalue weighted by Crippen LogP contribution is -2.23. The second-order valence-corrected chi connectivity index (χ2v) is 3.96. The first-order valence-electron chi connectivity index (χ1n) is 5.31. The molecule has 2 N–H and O–H groups in total. The van der Waals surface area contributed by atoms with Crippen LogP contribution in [0.1, 0.15) is 11.6 Å². The molecule has 1 heterocycles. The molecule has 3 heteroatoms. The second kappa shape index (κ2) is 3.32. The summed E-state index contributed by atoms with van der Waals surface area (Å²) in [6.07, 6.45) is 0. The van der Waals surface area contributed by atoms with E-state index in [2.05, 4.69) is 22.8 Å². The molecule has 1 amide bonds. The highest BCUT2D eigenvalue weighted by atomic mass is 16.2. The van der Waals surface area contributed by atoms with E-state index in [1.165, 1.54) is 0 Å². The van der Waals surface area contributed by atoms with E-state index >= 15 is 0 Å². The number of amides is 1. The van der Waals surface area contributed by atoms with Gasteiger partial charge in [0.15, 0.2) is 0 Å². The fraction of sp³-hybridized carbons (Fsp3) is 0.154. The Morgan fingerprint density at radius 2 is 2.00 bits per heavy atom. The Labute approximate surface area is 93.5 Å². The van der Waals surface area contributed by atoms with Crippen molar-refractivity contribution in [3.8, 4) is 0 Å². The van der Waals surface area contributed by atoms with Gasteiger partial charge in [0, 0.05) is 10.9 Å². The van der Waals surface area contributed by atoms with Gasteiger partial charge in [-0.05, 0) is 12.4 Å². The van der Waals surface area contributed by atoms with E-state index in [1.54, 1.807) is 7.05 Å². The number of benzene rings is 2. The molecule has 2 aromatic carbocycles. The molecule has 3 rings (SSSR count). The maximum absolute atomic E-state index is 11.7. The molecule has 1 aliphatic rings. The predicted octanol–water partition coefficient (Wildman–Crippen LogP) is 2.05. The maximum atomic E-state index is 11.7. The molecule has 0 aromatic heterocycles. The van der Waals surface area contributed by atoms with Crippen LogP contribution in [0.25, 0.3) is 10.8 Å². The van der Waals surface area contributed by atoms with Crippen LogP contribution in [0.4, 0.5) is 5.69 Å². The molecular formula is C13H12N2O. The van der Waals surface area contributed by atoms with Crippen LogP contribution in [0.3, 0.4) is 0 Å². The van der Waals surface area contributed by atoms with Crippen LogP contribution < -0.4 is 10.6 Å². The van der Waals surface area contributed by atoms with Crippen molar-refractivity contribution >= 4 is 22.4 Å². The molecule has 3 nitrogen and oxygen atoms in total. The zero-order valence-corrected chi connectivity index (χ0v) is 8.95. The van der Waals surface area contributed by atoms with Crippen LogP contribution >= 0.6 is 0 Å². The van der Waals surface area contributed by atoms with Gasteiger partial charge in [-0.25, -0.2) is 0 Å². The average Bonchev–Trinajstić information content (AvgIpc) is 2.65. The van der Waals surface area contributed by atoms with Crippen molar-refractivity contribution in [1.29, 1.82) is 0 Å². The summed E-state index contributed by atoms with van der Waals surface area (Å²) in [5, 5.41) is 8.22. The highest BCUT2D eigenvalue weighted by Gasteiger charge is 2.29. The third-order valence-electron chi connectivity index (χ3n) is 3.07. The molecule has 0 saturated heterocycles. The summed E-state index contributed by atoms with van der Waals surface area (Å²) in [5.41, 5.74) is 1.98. The van der Waals surface area contributed by atoms with Crippen LogP contribution in [0.2, 0.25) is 0 Å². The lowest BCUT2D eigenvalue weighted by molar-refractivity contribution is -0.117. The highest BCUT2D eigenvalue weighted by Crippen LogP contribution is 2.36. The third kappa shape index (κ3) is 1.15. The number of fused-ring (bicyclic) bond motifs is 3. The minimum absolute atomic E-state index is 0.0221. The summed E-state index contributed by atoms with van der Waals surface area (Å²) in [6.45, 7) is 0. The van der Waals surface area contributed by atoms with Crippen molar-refractivity contribution < 1.29 is 4.79 Å². The van der Waals surface area contributed by atoms with Gasteiger partial charge in [0.2, 0.25) is 5.91 Å². The number of hydrogen-bond donors (Lipinski definition) is 2. The molecule has 1 unspecified atom stereocenters. The quantitative estimate of drug-likeness (QED) is 0.759. The van der Waals surface area contributed by atoms with Gasteiger partial charge in [-0.3, -0.25) is 4.79 Å². The monoisotopic (exact) mass is 212 g/mol. The van der Waals surface area contributed by atoms with Crippen molar-refractivity contribution in [2.75, 3.05) is 12.4 Å². The van der Waals surface area contributed by atoms with Crippen LogP contribution in [-0.2, 0) is 4.79 Å². The lowest BCUT2D eigenvalue weighted by atomic mass is 10.0. The van der Waals surface area contributed by atoms with Crippen molar-refractivity contribution in [2.45, 2.75) is 6.04 Å². The van der Waals surface area contributed by atoms with E-state index in [-0.39, 0.29) is 11.9 Å². The van der Waals surface area contributed by atoms with Crippen molar-refractivity contribution in [1.82, 2.24) is 5.32 Å². The van der Waals surface area contributed by atoms with Gasteiger partial charge in [-0.15, -0.1) is 0 Å². The van der Waals surface area contributed by atoms with Gasteiger partial charge in [0.25, 0.3) is 0 Å². The molecule has 0 radical (unpaired) electrons. The van der Waals surface area contributed by atoms with Gasteiger partial charge in [-0.2, -0.15) is 0 Å². The normalized spacial score (nSPS) is 18.6. The Hall–Kier alpha value is -1.87. The van der Waals surface area contributed by atoms with E-state index in [4.69, 9.17) is 0 Å². The predicted molar refractivity (Wildman–Crippen MR) is 64.4 cm³/mol. The number of likely N-dealkylation sites (N-methyl/N-ethyl adjacent to an activating group) is 1.